The quantitative estimate of drug-likeness (QED) is 0.516. The Morgan fingerprint density at radius 3 is 2.46 bits per heavy atom. The first kappa shape index (κ1) is 19.5. The Labute approximate surface area is 163 Å². The minimum atomic E-state index is -0.710. The number of carbonyl (C=O) groups is 2. The molecule has 0 saturated heterocycles. The van der Waals surface area contributed by atoms with Gasteiger partial charge in [-0.05, 0) is 37.3 Å². The van der Waals surface area contributed by atoms with Gasteiger partial charge in [-0.15, -0.1) is 0 Å². The van der Waals surface area contributed by atoms with Crippen LogP contribution in [0.15, 0.2) is 24.5 Å². The zero-order valence-electron chi connectivity index (χ0n) is 16.0. The van der Waals surface area contributed by atoms with Crippen LogP contribution in [0.5, 0.6) is 0 Å². The van der Waals surface area contributed by atoms with Crippen LogP contribution >= 0.6 is 0 Å². The molecule has 2 amide bonds. The Hall–Kier alpha value is -3.23. The van der Waals surface area contributed by atoms with Gasteiger partial charge in [-0.2, -0.15) is 0 Å². The van der Waals surface area contributed by atoms with Crippen molar-refractivity contribution >= 4 is 29.1 Å². The molecule has 0 bridgehead atoms. The number of hydrogen-bond acceptors (Lipinski definition) is 7. The van der Waals surface area contributed by atoms with Crippen molar-refractivity contribution in [3.05, 3.63) is 35.9 Å². The molecule has 0 spiro atoms. The molecule has 2 aromatic rings. The van der Waals surface area contributed by atoms with Crippen molar-refractivity contribution in [1.82, 2.24) is 15.0 Å². The minimum absolute atomic E-state index is 0.00342. The summed E-state index contributed by atoms with van der Waals surface area (Å²) in [6.45, 7) is 3.98. The summed E-state index contributed by atoms with van der Waals surface area (Å²) < 4.78 is 0. The van der Waals surface area contributed by atoms with Crippen molar-refractivity contribution in [2.75, 3.05) is 10.6 Å². The standard InChI is InChI=1S/C19H25N7O2/c1-10(2)7-14(17(20)27)25-15-9-23-16(18(21)28)19(26-15)24-12-5-6-13(22-8-12)11-3-4-11/h5-6,8-11,14H,3-4,7H2,1-2H3,(H2,20,27)(H2,21,28)(H2,24,25,26)/t14-/m1/s1. The molecule has 3 rings (SSSR count). The first-order chi connectivity index (χ1) is 13.3. The van der Waals surface area contributed by atoms with Crippen LogP contribution in [-0.2, 0) is 4.79 Å². The molecule has 1 atom stereocenters. The Morgan fingerprint density at radius 2 is 1.93 bits per heavy atom. The molecular weight excluding hydrogens is 358 g/mol. The highest BCUT2D eigenvalue weighted by atomic mass is 16.1. The van der Waals surface area contributed by atoms with Crippen LogP contribution < -0.4 is 22.1 Å². The van der Waals surface area contributed by atoms with Gasteiger partial charge in [0.1, 0.15) is 11.9 Å². The van der Waals surface area contributed by atoms with E-state index < -0.39 is 17.9 Å². The van der Waals surface area contributed by atoms with E-state index in [0.29, 0.717) is 23.8 Å². The van der Waals surface area contributed by atoms with Gasteiger partial charge in [0.25, 0.3) is 5.91 Å². The van der Waals surface area contributed by atoms with Crippen LogP contribution in [-0.4, -0.2) is 32.8 Å². The van der Waals surface area contributed by atoms with Gasteiger partial charge in [-0.3, -0.25) is 14.6 Å². The van der Waals surface area contributed by atoms with E-state index in [-0.39, 0.29) is 17.4 Å². The molecule has 1 aliphatic carbocycles. The topological polar surface area (TPSA) is 149 Å². The summed E-state index contributed by atoms with van der Waals surface area (Å²) in [6, 6.07) is 3.23. The minimum Gasteiger partial charge on any atom is -0.368 e. The number of aromatic nitrogens is 3. The van der Waals surface area contributed by atoms with Gasteiger partial charge in [0, 0.05) is 11.6 Å². The lowest BCUT2D eigenvalue weighted by Gasteiger charge is -2.18. The largest absolute Gasteiger partial charge is 0.368 e. The zero-order chi connectivity index (χ0) is 20.3. The van der Waals surface area contributed by atoms with Crippen molar-refractivity contribution < 1.29 is 9.59 Å². The Kier molecular flexibility index (Phi) is 5.72. The summed E-state index contributed by atoms with van der Waals surface area (Å²) in [5.41, 5.74) is 12.6. The SMILES string of the molecule is CC(C)C[C@@H](Nc1cnc(C(N)=O)c(Nc2ccc(C3CC3)nc2)n1)C(N)=O. The predicted molar refractivity (Wildman–Crippen MR) is 106 cm³/mol. The molecule has 0 aliphatic heterocycles. The molecule has 1 aliphatic rings. The molecule has 1 saturated carbocycles. The maximum atomic E-state index is 11.7. The van der Waals surface area contributed by atoms with Crippen LogP contribution in [0.2, 0.25) is 0 Å². The van der Waals surface area contributed by atoms with E-state index in [2.05, 4.69) is 25.6 Å². The first-order valence-electron chi connectivity index (χ1n) is 9.29. The number of carbonyl (C=O) groups excluding carboxylic acids is 2. The summed E-state index contributed by atoms with van der Waals surface area (Å²) >= 11 is 0. The summed E-state index contributed by atoms with van der Waals surface area (Å²) in [5, 5.41) is 6.01. The van der Waals surface area contributed by atoms with E-state index in [1.807, 2.05) is 26.0 Å². The number of pyridine rings is 1. The summed E-state index contributed by atoms with van der Waals surface area (Å²) in [6.07, 6.45) is 5.93. The van der Waals surface area contributed by atoms with E-state index in [1.165, 1.54) is 19.0 Å². The van der Waals surface area contributed by atoms with Crippen molar-refractivity contribution in [2.24, 2.45) is 17.4 Å². The van der Waals surface area contributed by atoms with Gasteiger partial charge in [-0.1, -0.05) is 13.8 Å². The van der Waals surface area contributed by atoms with Gasteiger partial charge < -0.3 is 22.1 Å². The third-order valence-electron chi connectivity index (χ3n) is 4.42. The van der Waals surface area contributed by atoms with Crippen LogP contribution in [0.3, 0.4) is 0 Å². The number of nitrogens with two attached hydrogens (primary N) is 2. The fourth-order valence-electron chi connectivity index (χ4n) is 2.86. The molecule has 2 aromatic heterocycles. The van der Waals surface area contributed by atoms with Gasteiger partial charge in [0.05, 0.1) is 18.1 Å². The molecule has 9 heteroatoms. The molecule has 0 aromatic carbocycles. The summed E-state index contributed by atoms with van der Waals surface area (Å²) in [7, 11) is 0. The fraction of sp³-hybridized carbons (Fsp3) is 0.421. The molecule has 148 valence electrons. The smallest absolute Gasteiger partial charge is 0.271 e. The molecule has 2 heterocycles. The number of amides is 2. The predicted octanol–water partition coefficient (Wildman–Crippen LogP) is 1.90. The number of anilines is 3. The molecule has 6 N–H and O–H groups in total. The second-order valence-electron chi connectivity index (χ2n) is 7.42. The van der Waals surface area contributed by atoms with Crippen LogP contribution in [0.1, 0.15) is 55.2 Å². The Morgan fingerprint density at radius 1 is 1.18 bits per heavy atom. The zero-order valence-corrected chi connectivity index (χ0v) is 16.0. The highest BCUT2D eigenvalue weighted by molar-refractivity contribution is 5.96. The number of primary amides is 2. The van der Waals surface area contributed by atoms with Crippen LogP contribution in [0, 0.1) is 5.92 Å². The van der Waals surface area contributed by atoms with E-state index in [1.54, 1.807) is 6.20 Å². The maximum Gasteiger partial charge on any atom is 0.271 e. The second-order valence-corrected chi connectivity index (χ2v) is 7.42. The summed E-state index contributed by atoms with van der Waals surface area (Å²) in [5.74, 6) is 0.123. The fourth-order valence-corrected chi connectivity index (χ4v) is 2.86. The monoisotopic (exact) mass is 383 g/mol. The lowest BCUT2D eigenvalue weighted by molar-refractivity contribution is -0.119. The number of nitrogens with one attached hydrogen (secondary N) is 2. The highest BCUT2D eigenvalue weighted by Gasteiger charge is 2.24. The van der Waals surface area contributed by atoms with E-state index in [4.69, 9.17) is 11.5 Å². The number of rotatable bonds is 9. The third-order valence-corrected chi connectivity index (χ3v) is 4.42. The van der Waals surface area contributed by atoms with Gasteiger partial charge in [0.2, 0.25) is 5.91 Å². The average molecular weight is 383 g/mol. The number of hydrogen-bond donors (Lipinski definition) is 4. The third kappa shape index (κ3) is 4.93. The van der Waals surface area contributed by atoms with Gasteiger partial charge in [-0.25, -0.2) is 9.97 Å². The molecule has 1 fully saturated rings. The Balaban J connectivity index is 1.82. The summed E-state index contributed by atoms with van der Waals surface area (Å²) in [4.78, 5) is 36.3. The van der Waals surface area contributed by atoms with Gasteiger partial charge >= 0.3 is 0 Å². The molecule has 9 nitrogen and oxygen atoms in total. The van der Waals surface area contributed by atoms with Crippen molar-refractivity contribution in [3.8, 4) is 0 Å². The Bertz CT molecular complexity index is 863. The molecular formula is C19H25N7O2. The lowest BCUT2D eigenvalue weighted by Crippen LogP contribution is -2.37. The lowest BCUT2D eigenvalue weighted by atomic mass is 10.0. The van der Waals surface area contributed by atoms with Crippen molar-refractivity contribution in [2.45, 2.75) is 45.1 Å². The second kappa shape index (κ2) is 8.20. The van der Waals surface area contributed by atoms with Crippen LogP contribution in [0.4, 0.5) is 17.3 Å². The van der Waals surface area contributed by atoms with Crippen LogP contribution in [0.25, 0.3) is 0 Å². The van der Waals surface area contributed by atoms with E-state index in [0.717, 1.165) is 5.69 Å². The number of nitrogens with zero attached hydrogens (tertiary/aromatic N) is 3. The molecule has 0 unspecified atom stereocenters. The van der Waals surface area contributed by atoms with E-state index >= 15 is 0 Å². The maximum absolute atomic E-state index is 11.7. The first-order valence-corrected chi connectivity index (χ1v) is 9.29. The van der Waals surface area contributed by atoms with E-state index in [9.17, 15) is 9.59 Å². The van der Waals surface area contributed by atoms with Gasteiger partial charge in [0.15, 0.2) is 11.5 Å². The highest BCUT2D eigenvalue weighted by Crippen LogP contribution is 2.39. The molecule has 28 heavy (non-hydrogen) atoms. The van der Waals surface area contributed by atoms with Crippen molar-refractivity contribution in [1.29, 1.82) is 0 Å². The van der Waals surface area contributed by atoms with Crippen molar-refractivity contribution in [3.63, 3.8) is 0 Å². The molecule has 0 radical (unpaired) electrons. The normalized spacial score (nSPS) is 14.5. The average Bonchev–Trinajstić information content (AvgIpc) is 3.46.